The summed E-state index contributed by atoms with van der Waals surface area (Å²) in [7, 11) is -0.242. The van der Waals surface area contributed by atoms with Crippen molar-refractivity contribution in [1.29, 1.82) is 0 Å². The first-order valence-electron chi connectivity index (χ1n) is 6.98. The average molecular weight is 383 g/mol. The van der Waals surface area contributed by atoms with Crippen molar-refractivity contribution < 1.29 is 17.9 Å². The molecular formula is C14H20Cl2N2O4S. The van der Waals surface area contributed by atoms with Crippen LogP contribution in [0.15, 0.2) is 12.1 Å². The molecule has 130 valence electrons. The molecule has 0 aromatic heterocycles. The van der Waals surface area contributed by atoms with Crippen molar-refractivity contribution in [1.82, 2.24) is 9.62 Å². The second-order valence-corrected chi connectivity index (χ2v) is 7.98. The van der Waals surface area contributed by atoms with Crippen molar-refractivity contribution in [3.8, 4) is 5.75 Å². The Morgan fingerprint density at radius 3 is 2.35 bits per heavy atom. The van der Waals surface area contributed by atoms with Crippen molar-refractivity contribution in [3.05, 3.63) is 27.7 Å². The molecule has 0 aliphatic rings. The summed E-state index contributed by atoms with van der Waals surface area (Å²) in [6.45, 7) is 2.26. The molecule has 1 aromatic rings. The van der Waals surface area contributed by atoms with Gasteiger partial charge in [-0.1, -0.05) is 23.2 Å². The number of carbonyl (C=O) groups excluding carboxylic acids is 1. The van der Waals surface area contributed by atoms with Gasteiger partial charge in [-0.15, -0.1) is 0 Å². The SMILES string of the molecule is CCS(=O)(=O)N(C)CCCNC(=O)c1cc(Cl)c(OC)c(Cl)c1. The Morgan fingerprint density at radius 2 is 1.87 bits per heavy atom. The van der Waals surface area contributed by atoms with E-state index in [9.17, 15) is 13.2 Å². The zero-order valence-corrected chi connectivity index (χ0v) is 15.6. The summed E-state index contributed by atoms with van der Waals surface area (Å²) in [5.41, 5.74) is 0.315. The molecule has 0 fully saturated rings. The Bertz CT molecular complexity index is 642. The molecule has 1 amide bonds. The number of nitrogens with zero attached hydrogens (tertiary/aromatic N) is 1. The molecule has 0 saturated heterocycles. The van der Waals surface area contributed by atoms with Gasteiger partial charge in [0.25, 0.3) is 5.91 Å². The van der Waals surface area contributed by atoms with Gasteiger partial charge in [-0.3, -0.25) is 4.79 Å². The first-order chi connectivity index (χ1) is 10.7. The molecule has 6 nitrogen and oxygen atoms in total. The lowest BCUT2D eigenvalue weighted by Gasteiger charge is -2.16. The van der Waals surface area contributed by atoms with E-state index in [1.54, 1.807) is 6.92 Å². The van der Waals surface area contributed by atoms with Gasteiger partial charge in [0.15, 0.2) is 5.75 Å². The molecule has 0 heterocycles. The Labute approximate surface area is 146 Å². The zero-order chi connectivity index (χ0) is 17.6. The number of halogens is 2. The molecule has 0 radical (unpaired) electrons. The minimum absolute atomic E-state index is 0.0543. The van der Waals surface area contributed by atoms with Crippen molar-refractivity contribution in [2.75, 3.05) is 33.0 Å². The van der Waals surface area contributed by atoms with E-state index in [1.165, 1.54) is 30.6 Å². The average Bonchev–Trinajstić information content (AvgIpc) is 2.50. The quantitative estimate of drug-likeness (QED) is 0.700. The molecule has 0 unspecified atom stereocenters. The highest BCUT2D eigenvalue weighted by Gasteiger charge is 2.15. The fourth-order valence-corrected chi connectivity index (χ4v) is 3.34. The number of nitrogens with one attached hydrogen (secondary N) is 1. The van der Waals surface area contributed by atoms with Crippen molar-refractivity contribution in [2.45, 2.75) is 13.3 Å². The minimum Gasteiger partial charge on any atom is -0.494 e. The number of benzene rings is 1. The first kappa shape index (κ1) is 20.0. The molecule has 1 rings (SSSR count). The molecular weight excluding hydrogens is 363 g/mol. The van der Waals surface area contributed by atoms with E-state index in [1.807, 2.05) is 0 Å². The van der Waals surface area contributed by atoms with Crippen LogP contribution in [0.25, 0.3) is 0 Å². The first-order valence-corrected chi connectivity index (χ1v) is 9.34. The number of hydrogen-bond acceptors (Lipinski definition) is 4. The van der Waals surface area contributed by atoms with Gasteiger partial charge < -0.3 is 10.1 Å². The zero-order valence-electron chi connectivity index (χ0n) is 13.2. The van der Waals surface area contributed by atoms with Gasteiger partial charge >= 0.3 is 0 Å². The molecule has 0 bridgehead atoms. The van der Waals surface area contributed by atoms with E-state index < -0.39 is 10.0 Å². The summed E-state index contributed by atoms with van der Waals surface area (Å²) >= 11 is 12.0. The Balaban J connectivity index is 2.55. The second kappa shape index (κ2) is 8.73. The maximum atomic E-state index is 12.0. The lowest BCUT2D eigenvalue weighted by Crippen LogP contribution is -2.32. The number of hydrogen-bond donors (Lipinski definition) is 1. The van der Waals surface area contributed by atoms with Gasteiger partial charge in [-0.05, 0) is 25.5 Å². The van der Waals surface area contributed by atoms with Gasteiger partial charge in [0, 0.05) is 25.7 Å². The summed E-state index contributed by atoms with van der Waals surface area (Å²) in [6.07, 6.45) is 0.499. The summed E-state index contributed by atoms with van der Waals surface area (Å²) < 4.78 is 29.5. The third kappa shape index (κ3) is 5.53. The molecule has 0 spiro atoms. The van der Waals surface area contributed by atoms with Crippen LogP contribution < -0.4 is 10.1 Å². The second-order valence-electron chi connectivity index (χ2n) is 4.80. The van der Waals surface area contributed by atoms with Crippen LogP contribution in [0.1, 0.15) is 23.7 Å². The fourth-order valence-electron chi connectivity index (χ4n) is 1.85. The van der Waals surface area contributed by atoms with Crippen LogP contribution in [0.2, 0.25) is 10.0 Å². The Kier molecular flexibility index (Phi) is 7.60. The summed E-state index contributed by atoms with van der Waals surface area (Å²) in [5.74, 6) is 0.0346. The van der Waals surface area contributed by atoms with Crippen LogP contribution in [0.4, 0.5) is 0 Å². The van der Waals surface area contributed by atoms with Gasteiger partial charge in [0.2, 0.25) is 10.0 Å². The van der Waals surface area contributed by atoms with Crippen LogP contribution in [0.3, 0.4) is 0 Å². The number of rotatable bonds is 8. The van der Waals surface area contributed by atoms with Gasteiger partial charge in [0.05, 0.1) is 22.9 Å². The largest absolute Gasteiger partial charge is 0.494 e. The van der Waals surface area contributed by atoms with Crippen LogP contribution in [-0.2, 0) is 10.0 Å². The van der Waals surface area contributed by atoms with E-state index in [0.717, 1.165) is 0 Å². The standard InChI is InChI=1S/C14H20Cl2N2O4S/c1-4-23(20,21)18(2)7-5-6-17-14(19)10-8-11(15)13(22-3)12(16)9-10/h8-9H,4-7H2,1-3H3,(H,17,19). The highest BCUT2D eigenvalue weighted by atomic mass is 35.5. The van der Waals surface area contributed by atoms with Crippen molar-refractivity contribution >= 4 is 39.1 Å². The van der Waals surface area contributed by atoms with Crippen LogP contribution in [0.5, 0.6) is 5.75 Å². The molecule has 0 atom stereocenters. The topological polar surface area (TPSA) is 75.7 Å². The van der Waals surface area contributed by atoms with E-state index in [4.69, 9.17) is 27.9 Å². The smallest absolute Gasteiger partial charge is 0.251 e. The maximum absolute atomic E-state index is 12.0. The third-order valence-corrected chi connectivity index (χ3v) is 5.66. The lowest BCUT2D eigenvalue weighted by molar-refractivity contribution is 0.0953. The number of carbonyl (C=O) groups is 1. The number of methoxy groups -OCH3 is 1. The maximum Gasteiger partial charge on any atom is 0.251 e. The van der Waals surface area contributed by atoms with Crippen molar-refractivity contribution in [2.24, 2.45) is 0 Å². The molecule has 1 N–H and O–H groups in total. The molecule has 9 heteroatoms. The van der Waals surface area contributed by atoms with Gasteiger partial charge in [0.1, 0.15) is 0 Å². The third-order valence-electron chi connectivity index (χ3n) is 3.24. The van der Waals surface area contributed by atoms with Crippen LogP contribution in [0, 0.1) is 0 Å². The highest BCUT2D eigenvalue weighted by Crippen LogP contribution is 2.33. The monoisotopic (exact) mass is 382 g/mol. The van der Waals surface area contributed by atoms with Gasteiger partial charge in [-0.2, -0.15) is 0 Å². The Morgan fingerprint density at radius 1 is 1.30 bits per heavy atom. The van der Waals surface area contributed by atoms with E-state index >= 15 is 0 Å². The molecule has 23 heavy (non-hydrogen) atoms. The Hall–Kier alpha value is -1.02. The summed E-state index contributed by atoms with van der Waals surface area (Å²) in [4.78, 5) is 12.0. The lowest BCUT2D eigenvalue weighted by atomic mass is 10.2. The number of ether oxygens (including phenoxy) is 1. The van der Waals surface area contributed by atoms with Crippen molar-refractivity contribution in [3.63, 3.8) is 0 Å². The number of amides is 1. The fraction of sp³-hybridized carbons (Fsp3) is 0.500. The van der Waals surface area contributed by atoms with Gasteiger partial charge in [-0.25, -0.2) is 12.7 Å². The normalized spacial score (nSPS) is 11.6. The molecule has 1 aromatic carbocycles. The minimum atomic E-state index is -3.20. The van der Waals surface area contributed by atoms with Crippen LogP contribution in [-0.4, -0.2) is 51.6 Å². The number of sulfonamides is 1. The van der Waals surface area contributed by atoms with Crippen LogP contribution >= 0.6 is 23.2 Å². The van der Waals surface area contributed by atoms with E-state index in [-0.39, 0.29) is 21.7 Å². The summed E-state index contributed by atoms with van der Waals surface area (Å²) in [5, 5.41) is 3.20. The highest BCUT2D eigenvalue weighted by molar-refractivity contribution is 7.89. The predicted octanol–water partition coefficient (Wildman–Crippen LogP) is 2.40. The molecule has 0 aliphatic heterocycles. The summed E-state index contributed by atoms with van der Waals surface area (Å²) in [6, 6.07) is 2.94. The predicted molar refractivity (Wildman–Crippen MR) is 92.1 cm³/mol. The molecule has 0 aliphatic carbocycles. The molecule has 0 saturated carbocycles. The van der Waals surface area contributed by atoms with E-state index in [2.05, 4.69) is 5.32 Å². The van der Waals surface area contributed by atoms with E-state index in [0.29, 0.717) is 30.8 Å².